The van der Waals surface area contributed by atoms with Crippen molar-refractivity contribution >= 4 is 5.97 Å². The van der Waals surface area contributed by atoms with Crippen LogP contribution in [0.5, 0.6) is 0 Å². The summed E-state index contributed by atoms with van der Waals surface area (Å²) in [7, 11) is 0. The van der Waals surface area contributed by atoms with Crippen LogP contribution in [0.1, 0.15) is 90.4 Å². The Balaban J connectivity index is 1.84. The second kappa shape index (κ2) is 12.7. The summed E-state index contributed by atoms with van der Waals surface area (Å²) in [6.07, 6.45) is 15.0. The third-order valence-electron chi connectivity index (χ3n) is 4.18. The standard InChI is InChI=1S/C19H32O2/c1-2-3-4-5-6-7-8-9-10-14-17-21-19(20)18-15-12-11-13-16-18/h18H,2,5-17H2,1H3. The van der Waals surface area contributed by atoms with Gasteiger partial charge in [-0.1, -0.05) is 51.9 Å². The number of rotatable bonds is 9. The Hall–Kier alpha value is -0.970. The minimum absolute atomic E-state index is 0.0594. The van der Waals surface area contributed by atoms with Crippen molar-refractivity contribution in [3.8, 4) is 11.8 Å². The highest BCUT2D eigenvalue weighted by Crippen LogP contribution is 2.24. The van der Waals surface area contributed by atoms with E-state index in [4.69, 9.17) is 4.74 Å². The molecule has 21 heavy (non-hydrogen) atoms. The molecule has 0 radical (unpaired) electrons. The predicted molar refractivity (Wildman–Crippen MR) is 87.9 cm³/mol. The van der Waals surface area contributed by atoms with Crippen LogP contribution in [0.4, 0.5) is 0 Å². The van der Waals surface area contributed by atoms with Gasteiger partial charge in [0.05, 0.1) is 12.5 Å². The van der Waals surface area contributed by atoms with Crippen LogP contribution in [0, 0.1) is 17.8 Å². The second-order valence-electron chi connectivity index (χ2n) is 6.08. The molecule has 0 heterocycles. The molecule has 0 aliphatic heterocycles. The minimum atomic E-state index is 0.0594. The van der Waals surface area contributed by atoms with Gasteiger partial charge >= 0.3 is 5.97 Å². The fraction of sp³-hybridized carbons (Fsp3) is 0.842. The zero-order chi connectivity index (χ0) is 15.2. The normalized spacial score (nSPS) is 15.3. The lowest BCUT2D eigenvalue weighted by Crippen LogP contribution is -2.20. The number of hydrogen-bond acceptors (Lipinski definition) is 2. The van der Waals surface area contributed by atoms with E-state index in [-0.39, 0.29) is 11.9 Å². The van der Waals surface area contributed by atoms with Gasteiger partial charge in [-0.3, -0.25) is 4.79 Å². The summed E-state index contributed by atoms with van der Waals surface area (Å²) >= 11 is 0. The number of esters is 1. The lowest BCUT2D eigenvalue weighted by atomic mass is 9.89. The predicted octanol–water partition coefficient (Wildman–Crippen LogP) is 5.25. The monoisotopic (exact) mass is 292 g/mol. The number of carbonyl (C=O) groups excluding carboxylic acids is 1. The maximum atomic E-state index is 11.8. The maximum absolute atomic E-state index is 11.8. The van der Waals surface area contributed by atoms with Gasteiger partial charge in [-0.05, 0) is 25.7 Å². The molecule has 0 amide bonds. The number of unbranched alkanes of at least 4 members (excludes halogenated alkanes) is 6. The zero-order valence-electron chi connectivity index (χ0n) is 13.8. The quantitative estimate of drug-likeness (QED) is 0.329. The lowest BCUT2D eigenvalue weighted by Gasteiger charge is -2.19. The molecule has 0 aromatic carbocycles. The molecule has 1 rings (SSSR count). The van der Waals surface area contributed by atoms with Crippen LogP contribution in [0.2, 0.25) is 0 Å². The topological polar surface area (TPSA) is 26.3 Å². The Morgan fingerprint density at radius 3 is 2.33 bits per heavy atom. The van der Waals surface area contributed by atoms with Crippen LogP contribution in [0.15, 0.2) is 0 Å². The van der Waals surface area contributed by atoms with Crippen molar-refractivity contribution < 1.29 is 9.53 Å². The maximum Gasteiger partial charge on any atom is 0.308 e. The smallest absolute Gasteiger partial charge is 0.308 e. The Morgan fingerprint density at radius 1 is 0.952 bits per heavy atom. The summed E-state index contributed by atoms with van der Waals surface area (Å²) in [6, 6.07) is 0. The molecule has 0 N–H and O–H groups in total. The molecular weight excluding hydrogens is 260 g/mol. The Morgan fingerprint density at radius 2 is 1.62 bits per heavy atom. The van der Waals surface area contributed by atoms with Crippen LogP contribution in [-0.2, 0) is 9.53 Å². The van der Waals surface area contributed by atoms with Gasteiger partial charge in [0.15, 0.2) is 0 Å². The average molecular weight is 292 g/mol. The SMILES string of the molecule is CCC#CCCCCCCCCOC(=O)C1CCCCC1. The molecule has 0 saturated heterocycles. The van der Waals surface area contributed by atoms with Crippen molar-refractivity contribution in [2.75, 3.05) is 6.61 Å². The highest BCUT2D eigenvalue weighted by molar-refractivity contribution is 5.72. The molecule has 0 bridgehead atoms. The van der Waals surface area contributed by atoms with Crippen molar-refractivity contribution in [1.82, 2.24) is 0 Å². The largest absolute Gasteiger partial charge is 0.465 e. The van der Waals surface area contributed by atoms with Crippen molar-refractivity contribution in [3.05, 3.63) is 0 Å². The highest BCUT2D eigenvalue weighted by atomic mass is 16.5. The molecule has 0 aromatic rings. The van der Waals surface area contributed by atoms with Gasteiger partial charge in [-0.15, -0.1) is 11.8 Å². The van der Waals surface area contributed by atoms with Crippen molar-refractivity contribution in [2.45, 2.75) is 90.4 Å². The van der Waals surface area contributed by atoms with Crippen LogP contribution in [0.3, 0.4) is 0 Å². The third-order valence-corrected chi connectivity index (χ3v) is 4.18. The van der Waals surface area contributed by atoms with E-state index in [0.717, 1.165) is 32.1 Å². The van der Waals surface area contributed by atoms with Gasteiger partial charge < -0.3 is 4.74 Å². The first-order valence-corrected chi connectivity index (χ1v) is 8.97. The lowest BCUT2D eigenvalue weighted by molar-refractivity contribution is -0.149. The Bertz CT molecular complexity index is 318. The molecule has 1 aliphatic carbocycles. The molecule has 1 saturated carbocycles. The van der Waals surface area contributed by atoms with Gasteiger partial charge in [-0.2, -0.15) is 0 Å². The molecule has 1 aliphatic rings. The fourth-order valence-corrected chi connectivity index (χ4v) is 2.86. The molecule has 2 nitrogen and oxygen atoms in total. The van der Waals surface area contributed by atoms with E-state index in [9.17, 15) is 4.79 Å². The van der Waals surface area contributed by atoms with Crippen LogP contribution >= 0.6 is 0 Å². The molecule has 0 atom stereocenters. The molecule has 0 aromatic heterocycles. The highest BCUT2D eigenvalue weighted by Gasteiger charge is 2.21. The first-order valence-electron chi connectivity index (χ1n) is 8.97. The van der Waals surface area contributed by atoms with Crippen molar-refractivity contribution in [1.29, 1.82) is 0 Å². The summed E-state index contributed by atoms with van der Waals surface area (Å²) in [4.78, 5) is 11.8. The van der Waals surface area contributed by atoms with Gasteiger partial charge in [0.1, 0.15) is 0 Å². The van der Waals surface area contributed by atoms with E-state index in [2.05, 4.69) is 18.8 Å². The first-order chi connectivity index (χ1) is 10.3. The number of ether oxygens (including phenoxy) is 1. The molecule has 120 valence electrons. The Labute approximate surface area is 131 Å². The van der Waals surface area contributed by atoms with E-state index < -0.39 is 0 Å². The average Bonchev–Trinajstić information content (AvgIpc) is 2.53. The number of hydrogen-bond donors (Lipinski definition) is 0. The van der Waals surface area contributed by atoms with Crippen LogP contribution in [-0.4, -0.2) is 12.6 Å². The summed E-state index contributed by atoms with van der Waals surface area (Å²) in [5.41, 5.74) is 0. The molecule has 1 fully saturated rings. The van der Waals surface area contributed by atoms with E-state index >= 15 is 0 Å². The summed E-state index contributed by atoms with van der Waals surface area (Å²) in [6.45, 7) is 2.71. The van der Waals surface area contributed by atoms with E-state index in [0.29, 0.717) is 6.61 Å². The van der Waals surface area contributed by atoms with Gasteiger partial charge in [0, 0.05) is 12.8 Å². The first kappa shape index (κ1) is 18.1. The van der Waals surface area contributed by atoms with E-state index in [1.165, 1.54) is 51.4 Å². The van der Waals surface area contributed by atoms with Crippen LogP contribution < -0.4 is 0 Å². The molecule has 0 spiro atoms. The second-order valence-corrected chi connectivity index (χ2v) is 6.08. The number of carbonyl (C=O) groups is 1. The summed E-state index contributed by atoms with van der Waals surface area (Å²) < 4.78 is 5.40. The minimum Gasteiger partial charge on any atom is -0.465 e. The van der Waals surface area contributed by atoms with Gasteiger partial charge in [0.2, 0.25) is 0 Å². The van der Waals surface area contributed by atoms with E-state index in [1.807, 2.05) is 0 Å². The van der Waals surface area contributed by atoms with Gasteiger partial charge in [-0.25, -0.2) is 0 Å². The van der Waals surface area contributed by atoms with E-state index in [1.54, 1.807) is 0 Å². The van der Waals surface area contributed by atoms with Crippen molar-refractivity contribution in [2.24, 2.45) is 5.92 Å². The zero-order valence-corrected chi connectivity index (χ0v) is 13.8. The summed E-state index contributed by atoms with van der Waals surface area (Å²) in [5, 5.41) is 0. The third kappa shape index (κ3) is 9.56. The molecular formula is C19H32O2. The molecule has 2 heteroatoms. The van der Waals surface area contributed by atoms with Gasteiger partial charge in [0.25, 0.3) is 0 Å². The Kier molecular flexibility index (Phi) is 11.0. The molecule has 0 unspecified atom stereocenters. The summed E-state index contributed by atoms with van der Waals surface area (Å²) in [5.74, 6) is 6.55. The fourth-order valence-electron chi connectivity index (χ4n) is 2.86. The van der Waals surface area contributed by atoms with Crippen molar-refractivity contribution in [3.63, 3.8) is 0 Å². The van der Waals surface area contributed by atoms with Crippen LogP contribution in [0.25, 0.3) is 0 Å².